The van der Waals surface area contributed by atoms with Gasteiger partial charge in [-0.1, -0.05) is 6.07 Å². The average Bonchev–Trinajstić information content (AvgIpc) is 3.23. The number of nitrogens with two attached hydrogens (primary N) is 1. The zero-order valence-electron chi connectivity index (χ0n) is 17.6. The molecule has 2 aromatic carbocycles. The first kappa shape index (κ1) is 22.8. The predicted molar refractivity (Wildman–Crippen MR) is 124 cm³/mol. The third-order valence-corrected chi connectivity index (χ3v) is 6.70. The summed E-state index contributed by atoms with van der Waals surface area (Å²) in [6, 6.07) is 14.4. The summed E-state index contributed by atoms with van der Waals surface area (Å²) in [7, 11) is -2.28. The van der Waals surface area contributed by atoms with Crippen molar-refractivity contribution in [2.24, 2.45) is 5.14 Å². The second kappa shape index (κ2) is 9.51. The Morgan fingerprint density at radius 3 is 2.45 bits per heavy atom. The Bertz CT molecular complexity index is 1160. The number of methoxy groups -OCH3 is 1. The van der Waals surface area contributed by atoms with E-state index >= 15 is 0 Å². The molecule has 0 unspecified atom stereocenters. The summed E-state index contributed by atoms with van der Waals surface area (Å²) in [5.41, 5.74) is 2.82. The molecule has 7 nitrogen and oxygen atoms in total. The van der Waals surface area contributed by atoms with Gasteiger partial charge in [-0.25, -0.2) is 13.6 Å². The molecule has 0 fully saturated rings. The van der Waals surface area contributed by atoms with Gasteiger partial charge in [0.2, 0.25) is 15.9 Å². The number of ether oxygens (including phenoxy) is 1. The van der Waals surface area contributed by atoms with Gasteiger partial charge in [-0.2, -0.15) is 0 Å². The number of nitrogens with zero attached hydrogens (tertiary/aromatic N) is 1. The predicted octanol–water partition coefficient (Wildman–Crippen LogP) is 3.67. The van der Waals surface area contributed by atoms with Crippen LogP contribution in [0.25, 0.3) is 0 Å². The number of sulfonamides is 1. The first-order chi connectivity index (χ1) is 14.7. The molecule has 164 valence electrons. The molecule has 1 amide bonds. The van der Waals surface area contributed by atoms with E-state index in [-0.39, 0.29) is 17.3 Å². The number of rotatable bonds is 8. The number of benzene rings is 2. The highest BCUT2D eigenvalue weighted by Crippen LogP contribution is 2.25. The zero-order valence-corrected chi connectivity index (χ0v) is 19.2. The first-order valence-electron chi connectivity index (χ1n) is 9.52. The maximum absolute atomic E-state index is 12.9. The molecule has 0 bridgehead atoms. The van der Waals surface area contributed by atoms with Crippen molar-refractivity contribution in [3.05, 3.63) is 69.9 Å². The fourth-order valence-electron chi connectivity index (χ4n) is 3.11. The molecule has 3 aromatic rings. The average molecular weight is 460 g/mol. The number of aryl methyl sites for hydroxylation is 1. The van der Waals surface area contributed by atoms with Crippen molar-refractivity contribution in [1.29, 1.82) is 0 Å². The van der Waals surface area contributed by atoms with Gasteiger partial charge >= 0.3 is 0 Å². The van der Waals surface area contributed by atoms with E-state index in [0.29, 0.717) is 12.2 Å². The highest BCUT2D eigenvalue weighted by molar-refractivity contribution is 7.89. The van der Waals surface area contributed by atoms with Crippen LogP contribution < -0.4 is 20.1 Å². The lowest BCUT2D eigenvalue weighted by atomic mass is 10.1. The van der Waals surface area contributed by atoms with Crippen LogP contribution in [0.4, 0.5) is 11.4 Å². The van der Waals surface area contributed by atoms with Gasteiger partial charge in [0.05, 0.1) is 25.1 Å². The van der Waals surface area contributed by atoms with Gasteiger partial charge in [-0.3, -0.25) is 4.79 Å². The summed E-state index contributed by atoms with van der Waals surface area (Å²) in [4.78, 5) is 16.0. The number of hydrogen-bond acceptors (Lipinski definition) is 6. The molecule has 9 heteroatoms. The summed E-state index contributed by atoms with van der Waals surface area (Å²) in [6.45, 7) is 4.25. The van der Waals surface area contributed by atoms with Gasteiger partial charge in [0.15, 0.2) is 0 Å². The normalized spacial score (nSPS) is 11.2. The van der Waals surface area contributed by atoms with Crippen molar-refractivity contribution >= 4 is 38.6 Å². The quantitative estimate of drug-likeness (QED) is 0.535. The fourth-order valence-corrected chi connectivity index (χ4v) is 4.45. The number of primary sulfonamides is 1. The van der Waals surface area contributed by atoms with Crippen molar-refractivity contribution in [3.8, 4) is 5.75 Å². The van der Waals surface area contributed by atoms with E-state index in [9.17, 15) is 13.2 Å². The van der Waals surface area contributed by atoms with Crippen molar-refractivity contribution < 1.29 is 17.9 Å². The van der Waals surface area contributed by atoms with Crippen molar-refractivity contribution in [1.82, 2.24) is 0 Å². The van der Waals surface area contributed by atoms with E-state index in [1.165, 1.54) is 12.1 Å². The van der Waals surface area contributed by atoms with E-state index < -0.39 is 10.0 Å². The highest BCUT2D eigenvalue weighted by atomic mass is 32.2. The second-order valence-corrected chi connectivity index (χ2v) is 9.73. The number of thiophene rings is 1. The number of hydrogen-bond donors (Lipinski definition) is 2. The molecule has 3 rings (SSSR count). The van der Waals surface area contributed by atoms with Crippen LogP contribution in [0.15, 0.2) is 58.8 Å². The Morgan fingerprint density at radius 1 is 1.16 bits per heavy atom. The standard InChI is InChI=1S/C22H25N3O4S2/c1-15-11-20(31(23,27)28)12-21(16(15)2)24-22(26)14-25(13-19-5-4-10-30-19)17-6-8-18(29-3)9-7-17/h4-12H,13-14H2,1-3H3,(H,24,26)(H2,23,27,28). The molecular weight excluding hydrogens is 434 g/mol. The lowest BCUT2D eigenvalue weighted by Crippen LogP contribution is -2.33. The number of anilines is 2. The molecule has 0 radical (unpaired) electrons. The van der Waals surface area contributed by atoms with Crippen LogP contribution in [0.3, 0.4) is 0 Å². The molecule has 0 aliphatic carbocycles. The zero-order chi connectivity index (χ0) is 22.6. The van der Waals surface area contributed by atoms with Crippen LogP contribution >= 0.6 is 11.3 Å². The summed E-state index contributed by atoms with van der Waals surface area (Å²) >= 11 is 1.62. The molecule has 3 N–H and O–H groups in total. The summed E-state index contributed by atoms with van der Waals surface area (Å²) < 4.78 is 28.8. The van der Waals surface area contributed by atoms with Gasteiger partial charge in [0, 0.05) is 16.3 Å². The van der Waals surface area contributed by atoms with Crippen LogP contribution in [0.1, 0.15) is 16.0 Å². The van der Waals surface area contributed by atoms with Crippen molar-refractivity contribution in [3.63, 3.8) is 0 Å². The van der Waals surface area contributed by atoms with Gasteiger partial charge in [-0.15, -0.1) is 11.3 Å². The van der Waals surface area contributed by atoms with Gasteiger partial charge in [-0.05, 0) is 72.8 Å². The molecular formula is C22H25N3O4S2. The fraction of sp³-hybridized carbons (Fsp3) is 0.227. The molecule has 0 aliphatic heterocycles. The molecule has 1 heterocycles. The molecule has 0 saturated carbocycles. The van der Waals surface area contributed by atoms with E-state index in [1.54, 1.807) is 25.4 Å². The lowest BCUT2D eigenvalue weighted by Gasteiger charge is -2.24. The van der Waals surface area contributed by atoms with Crippen LogP contribution in [-0.2, 0) is 21.4 Å². The van der Waals surface area contributed by atoms with Crippen LogP contribution in [0.2, 0.25) is 0 Å². The lowest BCUT2D eigenvalue weighted by molar-refractivity contribution is -0.115. The maximum atomic E-state index is 12.9. The molecule has 0 spiro atoms. The summed E-state index contributed by atoms with van der Waals surface area (Å²) in [6.07, 6.45) is 0. The van der Waals surface area contributed by atoms with E-state index in [4.69, 9.17) is 9.88 Å². The highest BCUT2D eigenvalue weighted by Gasteiger charge is 2.17. The van der Waals surface area contributed by atoms with Crippen LogP contribution in [0.5, 0.6) is 5.75 Å². The van der Waals surface area contributed by atoms with Crippen LogP contribution in [-0.4, -0.2) is 28.0 Å². The van der Waals surface area contributed by atoms with E-state index in [1.807, 2.05) is 53.6 Å². The SMILES string of the molecule is COc1ccc(N(CC(=O)Nc2cc(S(N)(=O)=O)cc(C)c2C)Cc2cccs2)cc1. The Hall–Kier alpha value is -2.88. The summed E-state index contributed by atoms with van der Waals surface area (Å²) in [5, 5.41) is 10.1. The molecule has 1 aromatic heterocycles. The van der Waals surface area contributed by atoms with Gasteiger partial charge < -0.3 is 15.0 Å². The number of carbonyl (C=O) groups excluding carboxylic acids is 1. The van der Waals surface area contributed by atoms with E-state index in [2.05, 4.69) is 5.32 Å². The van der Waals surface area contributed by atoms with Gasteiger partial charge in [0.1, 0.15) is 5.75 Å². The first-order valence-corrected chi connectivity index (χ1v) is 12.0. The second-order valence-electron chi connectivity index (χ2n) is 7.14. The molecule has 0 saturated heterocycles. The number of carbonyl (C=O) groups is 1. The smallest absolute Gasteiger partial charge is 0.243 e. The topological polar surface area (TPSA) is 102 Å². The van der Waals surface area contributed by atoms with Crippen molar-refractivity contribution in [2.45, 2.75) is 25.3 Å². The van der Waals surface area contributed by atoms with Crippen LogP contribution in [0, 0.1) is 13.8 Å². The number of amides is 1. The Balaban J connectivity index is 1.84. The number of nitrogens with one attached hydrogen (secondary N) is 1. The third kappa shape index (κ3) is 5.84. The Labute approximate surface area is 186 Å². The minimum absolute atomic E-state index is 0.0310. The Kier molecular flexibility index (Phi) is 6.99. The largest absolute Gasteiger partial charge is 0.497 e. The minimum atomic E-state index is -3.88. The van der Waals surface area contributed by atoms with Crippen molar-refractivity contribution in [2.75, 3.05) is 23.9 Å². The Morgan fingerprint density at radius 2 is 1.87 bits per heavy atom. The molecule has 0 atom stereocenters. The summed E-state index contributed by atoms with van der Waals surface area (Å²) in [5.74, 6) is 0.469. The molecule has 31 heavy (non-hydrogen) atoms. The van der Waals surface area contributed by atoms with E-state index in [0.717, 1.165) is 27.4 Å². The third-order valence-electron chi connectivity index (χ3n) is 4.94. The minimum Gasteiger partial charge on any atom is -0.497 e. The monoisotopic (exact) mass is 459 g/mol. The van der Waals surface area contributed by atoms with Gasteiger partial charge in [0.25, 0.3) is 0 Å². The molecule has 0 aliphatic rings. The maximum Gasteiger partial charge on any atom is 0.243 e.